The fourth-order valence-electron chi connectivity index (χ4n) is 2.25. The van der Waals surface area contributed by atoms with E-state index in [-0.39, 0.29) is 25.1 Å². The Morgan fingerprint density at radius 1 is 1.29 bits per heavy atom. The van der Waals surface area contributed by atoms with E-state index < -0.39 is 5.54 Å². The number of nitrogens with zero attached hydrogens (tertiary/aromatic N) is 1. The Kier molecular flexibility index (Phi) is 4.47. The first-order valence-corrected chi connectivity index (χ1v) is 6.95. The Bertz CT molecular complexity index is 543. The van der Waals surface area contributed by atoms with Gasteiger partial charge in [-0.1, -0.05) is 18.2 Å². The normalized spacial score (nSPS) is 17.0. The quantitative estimate of drug-likeness (QED) is 0.770. The minimum atomic E-state index is -0.832. The maximum absolute atomic E-state index is 12.0. The lowest BCUT2D eigenvalue weighted by atomic mass is 10.1. The molecule has 0 aromatic heterocycles. The number of urea groups is 1. The molecule has 1 fully saturated rings. The minimum absolute atomic E-state index is 0.223. The number of carbonyl (C=O) groups is 2. The first-order chi connectivity index (χ1) is 9.95. The number of hydrogen-bond donors (Lipinski definition) is 2. The van der Waals surface area contributed by atoms with Crippen LogP contribution >= 0.6 is 0 Å². The van der Waals surface area contributed by atoms with Gasteiger partial charge in [0.15, 0.2) is 0 Å². The van der Waals surface area contributed by atoms with Gasteiger partial charge < -0.3 is 15.4 Å². The van der Waals surface area contributed by atoms with Crippen LogP contribution in [-0.4, -0.2) is 42.6 Å². The molecule has 1 aliphatic rings. The molecule has 6 heteroatoms. The molecule has 6 nitrogen and oxygen atoms in total. The first-order valence-electron chi connectivity index (χ1n) is 6.95. The second-order valence-electron chi connectivity index (χ2n) is 5.50. The smallest absolute Gasteiger partial charge is 0.325 e. The number of nitrogens with one attached hydrogen (secondary N) is 2. The zero-order chi connectivity index (χ0) is 15.5. The van der Waals surface area contributed by atoms with E-state index in [1.165, 1.54) is 4.90 Å². The van der Waals surface area contributed by atoms with E-state index in [1.807, 2.05) is 31.3 Å². The molecule has 0 unspecified atom stereocenters. The van der Waals surface area contributed by atoms with E-state index in [4.69, 9.17) is 4.74 Å². The van der Waals surface area contributed by atoms with Gasteiger partial charge in [-0.3, -0.25) is 9.69 Å². The van der Waals surface area contributed by atoms with Gasteiger partial charge in [-0.25, -0.2) is 4.79 Å². The third-order valence-electron chi connectivity index (χ3n) is 3.36. The fourth-order valence-corrected chi connectivity index (χ4v) is 2.25. The molecule has 1 saturated heterocycles. The lowest BCUT2D eigenvalue weighted by molar-refractivity contribution is -0.130. The predicted molar refractivity (Wildman–Crippen MR) is 79.0 cm³/mol. The fraction of sp³-hybridized carbons (Fsp3) is 0.467. The zero-order valence-electron chi connectivity index (χ0n) is 12.6. The maximum atomic E-state index is 12.0. The van der Waals surface area contributed by atoms with Gasteiger partial charge in [0.05, 0.1) is 6.54 Å². The largest absolute Gasteiger partial charge is 0.491 e. The molecule has 114 valence electrons. The Labute approximate surface area is 124 Å². The van der Waals surface area contributed by atoms with E-state index >= 15 is 0 Å². The van der Waals surface area contributed by atoms with Gasteiger partial charge in [-0.2, -0.15) is 0 Å². The van der Waals surface area contributed by atoms with Crippen molar-refractivity contribution >= 4 is 11.9 Å². The molecule has 2 rings (SSSR count). The molecular formula is C15H21N3O3. The number of amides is 3. The van der Waals surface area contributed by atoms with E-state index in [2.05, 4.69) is 10.6 Å². The molecule has 0 bridgehead atoms. The molecule has 0 spiro atoms. The monoisotopic (exact) mass is 291 g/mol. The molecule has 2 N–H and O–H groups in total. The molecular weight excluding hydrogens is 270 g/mol. The number of para-hydroxylation sites is 1. The van der Waals surface area contributed by atoms with Gasteiger partial charge in [-0.15, -0.1) is 0 Å². The summed E-state index contributed by atoms with van der Waals surface area (Å²) in [6.07, 6.45) is 0. The van der Waals surface area contributed by atoms with Crippen LogP contribution in [0.5, 0.6) is 5.75 Å². The number of rotatable bonds is 6. The van der Waals surface area contributed by atoms with Crippen LogP contribution in [-0.2, 0) is 11.3 Å². The Morgan fingerprint density at radius 2 is 2.00 bits per heavy atom. The summed E-state index contributed by atoms with van der Waals surface area (Å²) in [4.78, 5) is 25.0. The lowest BCUT2D eigenvalue weighted by Crippen LogP contribution is -2.40. The molecule has 0 saturated carbocycles. The molecule has 1 aliphatic heterocycles. The summed E-state index contributed by atoms with van der Waals surface area (Å²) < 4.78 is 5.70. The van der Waals surface area contributed by atoms with Gasteiger partial charge >= 0.3 is 6.03 Å². The summed E-state index contributed by atoms with van der Waals surface area (Å²) >= 11 is 0. The van der Waals surface area contributed by atoms with E-state index in [0.29, 0.717) is 6.54 Å². The van der Waals surface area contributed by atoms with E-state index in [1.54, 1.807) is 13.8 Å². The predicted octanol–water partition coefficient (Wildman–Crippen LogP) is 1.12. The van der Waals surface area contributed by atoms with Crippen LogP contribution in [0.25, 0.3) is 0 Å². The highest BCUT2D eigenvalue weighted by molar-refractivity contribution is 6.06. The third kappa shape index (κ3) is 3.33. The summed E-state index contributed by atoms with van der Waals surface area (Å²) in [5.74, 6) is 0.540. The Hall–Kier alpha value is -2.08. The zero-order valence-corrected chi connectivity index (χ0v) is 12.6. The number of imide groups is 1. The Balaban J connectivity index is 1.93. The van der Waals surface area contributed by atoms with Crippen molar-refractivity contribution in [2.45, 2.75) is 25.9 Å². The van der Waals surface area contributed by atoms with Crippen molar-refractivity contribution in [3.63, 3.8) is 0 Å². The van der Waals surface area contributed by atoms with Crippen molar-refractivity contribution in [1.82, 2.24) is 15.5 Å². The first kappa shape index (κ1) is 15.3. The third-order valence-corrected chi connectivity index (χ3v) is 3.36. The minimum Gasteiger partial charge on any atom is -0.491 e. The highest BCUT2D eigenvalue weighted by Crippen LogP contribution is 2.19. The number of ether oxygens (including phenoxy) is 1. The average molecular weight is 291 g/mol. The van der Waals surface area contributed by atoms with Gasteiger partial charge in [0, 0.05) is 12.1 Å². The number of benzene rings is 1. The van der Waals surface area contributed by atoms with Crippen LogP contribution in [0, 0.1) is 0 Å². The summed E-state index contributed by atoms with van der Waals surface area (Å²) in [6.45, 7) is 4.59. The van der Waals surface area contributed by atoms with E-state index in [0.717, 1.165) is 11.3 Å². The molecule has 0 radical (unpaired) electrons. The van der Waals surface area contributed by atoms with Crippen molar-refractivity contribution in [3.05, 3.63) is 29.8 Å². The highest BCUT2D eigenvalue weighted by atomic mass is 16.5. The average Bonchev–Trinajstić information content (AvgIpc) is 2.62. The van der Waals surface area contributed by atoms with Crippen LogP contribution in [0.3, 0.4) is 0 Å². The van der Waals surface area contributed by atoms with Crippen molar-refractivity contribution in [3.8, 4) is 5.75 Å². The van der Waals surface area contributed by atoms with Crippen LogP contribution in [0.2, 0.25) is 0 Å². The van der Waals surface area contributed by atoms with Gasteiger partial charge in [0.2, 0.25) is 0 Å². The molecule has 0 aliphatic carbocycles. The van der Waals surface area contributed by atoms with Gasteiger partial charge in [-0.05, 0) is 27.0 Å². The molecule has 0 atom stereocenters. The number of hydrogen-bond acceptors (Lipinski definition) is 4. The standard InChI is InChI=1S/C15H21N3O3/c1-15(2)13(19)18(14(20)17-15)8-9-21-12-7-5-4-6-11(12)10-16-3/h4-7,16H,8-10H2,1-3H3,(H,17,20). The van der Waals surface area contributed by atoms with Crippen molar-refractivity contribution in [2.24, 2.45) is 0 Å². The van der Waals surface area contributed by atoms with Crippen molar-refractivity contribution < 1.29 is 14.3 Å². The van der Waals surface area contributed by atoms with Gasteiger partial charge in [0.25, 0.3) is 5.91 Å². The maximum Gasteiger partial charge on any atom is 0.325 e. The van der Waals surface area contributed by atoms with Crippen LogP contribution in [0.1, 0.15) is 19.4 Å². The second kappa shape index (κ2) is 6.13. The molecule has 1 aromatic carbocycles. The van der Waals surface area contributed by atoms with Crippen LogP contribution in [0.4, 0.5) is 4.79 Å². The van der Waals surface area contributed by atoms with Crippen LogP contribution in [0.15, 0.2) is 24.3 Å². The van der Waals surface area contributed by atoms with Gasteiger partial charge in [0.1, 0.15) is 17.9 Å². The summed E-state index contributed by atoms with van der Waals surface area (Å²) in [7, 11) is 1.87. The molecule has 1 aromatic rings. The number of carbonyl (C=O) groups excluding carboxylic acids is 2. The molecule has 1 heterocycles. The summed E-state index contributed by atoms with van der Waals surface area (Å²) in [5.41, 5.74) is 0.207. The summed E-state index contributed by atoms with van der Waals surface area (Å²) in [6, 6.07) is 7.33. The van der Waals surface area contributed by atoms with Crippen LogP contribution < -0.4 is 15.4 Å². The molecule has 3 amide bonds. The summed E-state index contributed by atoms with van der Waals surface area (Å²) in [5, 5.41) is 5.72. The topological polar surface area (TPSA) is 70.7 Å². The SMILES string of the molecule is CNCc1ccccc1OCCN1C(=O)NC(C)(C)C1=O. The van der Waals surface area contributed by atoms with Crippen molar-refractivity contribution in [1.29, 1.82) is 0 Å². The van der Waals surface area contributed by atoms with E-state index in [9.17, 15) is 9.59 Å². The highest BCUT2D eigenvalue weighted by Gasteiger charge is 2.43. The molecule has 21 heavy (non-hydrogen) atoms. The van der Waals surface area contributed by atoms with Crippen molar-refractivity contribution in [2.75, 3.05) is 20.2 Å². The second-order valence-corrected chi connectivity index (χ2v) is 5.50. The lowest BCUT2D eigenvalue weighted by Gasteiger charge is -2.17. The Morgan fingerprint density at radius 3 is 2.62 bits per heavy atom.